The molecule has 1 amide bonds. The Morgan fingerprint density at radius 1 is 1.19 bits per heavy atom. The molecule has 0 radical (unpaired) electrons. The number of carboxylic acid groups (broad SMARTS) is 1. The number of carboxylic acids is 1. The van der Waals surface area contributed by atoms with Gasteiger partial charge in [0.15, 0.2) is 0 Å². The van der Waals surface area contributed by atoms with Gasteiger partial charge in [0.05, 0.1) is 26.2 Å². The monoisotopic (exact) mass is 493 g/mol. The number of carbonyl (C=O) groups excluding carboxylic acids is 1. The van der Waals surface area contributed by atoms with Crippen molar-refractivity contribution >= 4 is 11.9 Å². The lowest BCUT2D eigenvalue weighted by Gasteiger charge is -2.55. The van der Waals surface area contributed by atoms with Gasteiger partial charge >= 0.3 is 5.97 Å². The zero-order valence-electron chi connectivity index (χ0n) is 21.1. The summed E-state index contributed by atoms with van der Waals surface area (Å²) in [5.74, 6) is 0.826. The van der Waals surface area contributed by atoms with Crippen LogP contribution in [0.25, 0.3) is 0 Å². The van der Waals surface area contributed by atoms with Crippen LogP contribution in [0.3, 0.4) is 0 Å². The Labute approximate surface area is 212 Å². The molecule has 1 N–H and O–H groups in total. The number of carbonyl (C=O) groups is 2. The second kappa shape index (κ2) is 9.77. The molecule has 4 atom stereocenters. The normalized spacial score (nSPS) is 29.1. The SMILES string of the molecule is COc1cccc(CC(=O)N2CCC[C@]3(CO[C@H]4c5ccccc5O[C@](C)(CCC(=O)O)[C@@H]4C3)C2)c1. The van der Waals surface area contributed by atoms with E-state index in [1.165, 1.54) is 0 Å². The summed E-state index contributed by atoms with van der Waals surface area (Å²) in [6, 6.07) is 15.6. The molecule has 3 aliphatic heterocycles. The van der Waals surface area contributed by atoms with E-state index in [0.29, 0.717) is 26.0 Å². The van der Waals surface area contributed by atoms with Crippen molar-refractivity contribution in [1.82, 2.24) is 4.90 Å². The van der Waals surface area contributed by atoms with Crippen LogP contribution in [0.2, 0.25) is 0 Å². The number of hydrogen-bond donors (Lipinski definition) is 1. The summed E-state index contributed by atoms with van der Waals surface area (Å²) in [7, 11) is 1.63. The Kier molecular flexibility index (Phi) is 6.68. The van der Waals surface area contributed by atoms with Crippen LogP contribution in [0, 0.1) is 11.3 Å². The first kappa shape index (κ1) is 24.6. The summed E-state index contributed by atoms with van der Waals surface area (Å²) in [4.78, 5) is 26.7. The van der Waals surface area contributed by atoms with Crippen molar-refractivity contribution in [3.8, 4) is 11.5 Å². The van der Waals surface area contributed by atoms with Crippen molar-refractivity contribution < 1.29 is 28.9 Å². The van der Waals surface area contributed by atoms with Crippen LogP contribution in [0.4, 0.5) is 0 Å². The van der Waals surface area contributed by atoms with Crippen molar-refractivity contribution in [3.63, 3.8) is 0 Å². The predicted molar refractivity (Wildman–Crippen MR) is 134 cm³/mol. The average molecular weight is 494 g/mol. The van der Waals surface area contributed by atoms with Gasteiger partial charge in [-0.1, -0.05) is 30.3 Å². The zero-order chi connectivity index (χ0) is 25.3. The quantitative estimate of drug-likeness (QED) is 0.631. The molecule has 5 rings (SSSR count). The highest BCUT2D eigenvalue weighted by molar-refractivity contribution is 5.79. The highest BCUT2D eigenvalue weighted by Gasteiger charge is 2.54. The number of methoxy groups -OCH3 is 1. The molecule has 2 saturated heterocycles. The summed E-state index contributed by atoms with van der Waals surface area (Å²) < 4.78 is 18.4. The maximum atomic E-state index is 13.3. The number of likely N-dealkylation sites (tertiary alicyclic amines) is 1. The molecule has 2 aromatic carbocycles. The number of para-hydroxylation sites is 1. The maximum Gasteiger partial charge on any atom is 0.303 e. The van der Waals surface area contributed by atoms with E-state index >= 15 is 0 Å². The van der Waals surface area contributed by atoms with Crippen LogP contribution < -0.4 is 9.47 Å². The minimum Gasteiger partial charge on any atom is -0.497 e. The number of piperidine rings is 1. The average Bonchev–Trinajstić information content (AvgIpc) is 2.88. The molecule has 0 aliphatic carbocycles. The fourth-order valence-electron chi connectivity index (χ4n) is 6.36. The Bertz CT molecular complexity index is 1130. The largest absolute Gasteiger partial charge is 0.497 e. The molecule has 1 spiro atoms. The molecule has 7 heteroatoms. The van der Waals surface area contributed by atoms with Gasteiger partial charge in [0.25, 0.3) is 0 Å². The van der Waals surface area contributed by atoms with Crippen molar-refractivity contribution in [1.29, 1.82) is 0 Å². The minimum absolute atomic E-state index is 0.00827. The Morgan fingerprint density at radius 2 is 2.03 bits per heavy atom. The van der Waals surface area contributed by atoms with Crippen LogP contribution >= 0.6 is 0 Å². The molecule has 0 aromatic heterocycles. The summed E-state index contributed by atoms with van der Waals surface area (Å²) in [6.45, 7) is 4.00. The summed E-state index contributed by atoms with van der Waals surface area (Å²) in [5, 5.41) is 9.40. The first-order chi connectivity index (χ1) is 17.3. The smallest absolute Gasteiger partial charge is 0.303 e. The first-order valence-corrected chi connectivity index (χ1v) is 12.8. The van der Waals surface area contributed by atoms with Crippen LogP contribution in [-0.4, -0.2) is 54.3 Å². The van der Waals surface area contributed by atoms with Crippen molar-refractivity contribution in [2.45, 2.75) is 57.2 Å². The lowest BCUT2D eigenvalue weighted by Crippen LogP contribution is -2.57. The lowest BCUT2D eigenvalue weighted by atomic mass is 9.64. The molecular weight excluding hydrogens is 458 g/mol. The van der Waals surface area contributed by atoms with E-state index in [9.17, 15) is 14.7 Å². The molecule has 3 aliphatic rings. The van der Waals surface area contributed by atoms with Gasteiger partial charge in [0, 0.05) is 36.4 Å². The van der Waals surface area contributed by atoms with Gasteiger partial charge in [-0.2, -0.15) is 0 Å². The summed E-state index contributed by atoms with van der Waals surface area (Å²) in [5.41, 5.74) is 1.16. The molecule has 0 saturated carbocycles. The van der Waals surface area contributed by atoms with E-state index in [2.05, 4.69) is 0 Å². The molecule has 2 aromatic rings. The van der Waals surface area contributed by atoms with Crippen LogP contribution in [0.15, 0.2) is 48.5 Å². The van der Waals surface area contributed by atoms with E-state index in [1.807, 2.05) is 60.4 Å². The predicted octanol–water partition coefficient (Wildman–Crippen LogP) is 4.64. The van der Waals surface area contributed by atoms with E-state index < -0.39 is 11.6 Å². The topological polar surface area (TPSA) is 85.3 Å². The summed E-state index contributed by atoms with van der Waals surface area (Å²) in [6.07, 6.45) is 3.40. The Morgan fingerprint density at radius 3 is 2.83 bits per heavy atom. The number of nitrogens with zero attached hydrogens (tertiary/aromatic N) is 1. The van der Waals surface area contributed by atoms with Gasteiger partial charge in [-0.3, -0.25) is 9.59 Å². The number of benzene rings is 2. The van der Waals surface area contributed by atoms with Crippen LogP contribution in [-0.2, 0) is 20.7 Å². The summed E-state index contributed by atoms with van der Waals surface area (Å²) >= 11 is 0. The fraction of sp³-hybridized carbons (Fsp3) is 0.517. The molecular formula is C29H35NO6. The zero-order valence-corrected chi connectivity index (χ0v) is 21.1. The van der Waals surface area contributed by atoms with E-state index in [1.54, 1.807) is 7.11 Å². The van der Waals surface area contributed by atoms with Gasteiger partial charge in [-0.05, 0) is 56.4 Å². The van der Waals surface area contributed by atoms with Gasteiger partial charge < -0.3 is 24.2 Å². The molecule has 36 heavy (non-hydrogen) atoms. The third-order valence-corrected chi connectivity index (χ3v) is 8.28. The van der Waals surface area contributed by atoms with Gasteiger partial charge in [0.1, 0.15) is 17.1 Å². The maximum absolute atomic E-state index is 13.3. The number of fused-ring (bicyclic) bond motifs is 3. The molecule has 7 nitrogen and oxygen atoms in total. The number of amides is 1. The van der Waals surface area contributed by atoms with E-state index in [0.717, 1.165) is 48.4 Å². The van der Waals surface area contributed by atoms with Crippen LogP contribution in [0.5, 0.6) is 11.5 Å². The van der Waals surface area contributed by atoms with Crippen molar-refractivity contribution in [2.24, 2.45) is 11.3 Å². The molecule has 0 unspecified atom stereocenters. The highest BCUT2D eigenvalue weighted by Crippen LogP contribution is 2.56. The number of hydrogen-bond acceptors (Lipinski definition) is 5. The number of ether oxygens (including phenoxy) is 3. The molecule has 2 fully saturated rings. The van der Waals surface area contributed by atoms with Crippen molar-refractivity contribution in [2.75, 3.05) is 26.8 Å². The fourth-order valence-corrected chi connectivity index (χ4v) is 6.36. The third-order valence-electron chi connectivity index (χ3n) is 8.28. The van der Waals surface area contributed by atoms with Crippen LogP contribution in [0.1, 0.15) is 56.3 Å². The Balaban J connectivity index is 1.36. The van der Waals surface area contributed by atoms with E-state index in [-0.39, 0.29) is 29.8 Å². The third kappa shape index (κ3) is 4.81. The molecule has 0 bridgehead atoms. The van der Waals surface area contributed by atoms with E-state index in [4.69, 9.17) is 14.2 Å². The molecule has 3 heterocycles. The highest BCUT2D eigenvalue weighted by atomic mass is 16.5. The second-order valence-electron chi connectivity index (χ2n) is 10.8. The lowest BCUT2D eigenvalue weighted by molar-refractivity contribution is -0.185. The molecule has 192 valence electrons. The first-order valence-electron chi connectivity index (χ1n) is 12.8. The van der Waals surface area contributed by atoms with Gasteiger partial charge in [-0.15, -0.1) is 0 Å². The second-order valence-corrected chi connectivity index (χ2v) is 10.8. The van der Waals surface area contributed by atoms with Gasteiger partial charge in [0.2, 0.25) is 5.91 Å². The number of rotatable bonds is 6. The Hall–Kier alpha value is -3.06. The minimum atomic E-state index is -0.825. The number of aliphatic carboxylic acids is 1. The van der Waals surface area contributed by atoms with Gasteiger partial charge in [-0.25, -0.2) is 0 Å². The standard InChI is InChI=1S/C29H35NO6/c1-28(13-11-26(32)33)23-17-29(19-35-27(23)22-9-3-4-10-24(22)36-28)12-6-14-30(18-29)25(31)16-20-7-5-8-21(15-20)34-2/h3-5,7-10,15,23,27H,6,11-14,16-19H2,1-2H3,(H,32,33)/t23-,27+,28-,29-/m1/s1. The van der Waals surface area contributed by atoms with Crippen molar-refractivity contribution in [3.05, 3.63) is 59.7 Å².